The average molecular weight is 729 g/mol. The van der Waals surface area contributed by atoms with Crippen molar-refractivity contribution in [2.24, 2.45) is 0 Å². The van der Waals surface area contributed by atoms with E-state index in [0.29, 0.717) is 0 Å². The molecular weight excluding hydrogens is 680 g/mol. The highest BCUT2D eigenvalue weighted by Crippen LogP contribution is 2.43. The van der Waals surface area contributed by atoms with Crippen molar-refractivity contribution in [3.8, 4) is 46.0 Å². The second kappa shape index (κ2) is 15.4. The van der Waals surface area contributed by atoms with E-state index < -0.39 is 0 Å². The Morgan fingerprint density at radius 2 is 0.611 bits per heavy atom. The van der Waals surface area contributed by atoms with Crippen molar-refractivity contribution in [1.82, 2.24) is 0 Å². The molecule has 0 saturated heterocycles. The summed E-state index contributed by atoms with van der Waals surface area (Å²) in [6.45, 7) is 15.0. The molecule has 8 heteroatoms. The Hall–Kier alpha value is -6.28. The summed E-state index contributed by atoms with van der Waals surface area (Å²) in [5, 5.41) is 79.9. The number of aryl methyl sites for hydroxylation is 8. The minimum absolute atomic E-state index is 0.172. The van der Waals surface area contributed by atoms with Gasteiger partial charge in [-0.15, -0.1) is 0 Å². The molecule has 0 amide bonds. The first-order valence-electron chi connectivity index (χ1n) is 17.6. The first-order chi connectivity index (χ1) is 25.4. The Bertz CT molecular complexity index is 2210. The topological polar surface area (TPSA) is 162 Å². The molecule has 0 radical (unpaired) electrons. The minimum Gasteiger partial charge on any atom is -0.508 e. The van der Waals surface area contributed by atoms with Crippen LogP contribution in [0.25, 0.3) is 0 Å². The van der Waals surface area contributed by atoms with Crippen LogP contribution in [0.5, 0.6) is 46.0 Å². The number of hydrogen-bond donors (Lipinski definition) is 8. The SMILES string of the molecule is Cc1cc(C(c2cc(C)c(O)c(C)c2)c2ccc(O)c(O)c2)cc(C)c1O.Cc1cc(C(c2ccc(O)c(O)c2)c2cc(C)c(O)cc2C)c(C)cc1O. The molecule has 0 bridgehead atoms. The minimum atomic E-state index is -0.229. The summed E-state index contributed by atoms with van der Waals surface area (Å²) >= 11 is 0. The smallest absolute Gasteiger partial charge is 0.157 e. The van der Waals surface area contributed by atoms with Gasteiger partial charge >= 0.3 is 0 Å². The van der Waals surface area contributed by atoms with Crippen LogP contribution in [0.15, 0.2) is 84.9 Å². The van der Waals surface area contributed by atoms with E-state index >= 15 is 0 Å². The lowest BCUT2D eigenvalue weighted by Gasteiger charge is -2.24. The molecule has 0 aromatic heterocycles. The fraction of sp³-hybridized carbons (Fsp3) is 0.217. The van der Waals surface area contributed by atoms with E-state index in [2.05, 4.69) is 0 Å². The lowest BCUT2D eigenvalue weighted by atomic mass is 9.80. The fourth-order valence-corrected chi connectivity index (χ4v) is 7.12. The molecule has 0 heterocycles. The van der Waals surface area contributed by atoms with Crippen molar-refractivity contribution in [1.29, 1.82) is 0 Å². The van der Waals surface area contributed by atoms with Gasteiger partial charge in [0, 0.05) is 11.8 Å². The molecule has 0 aliphatic carbocycles. The predicted molar refractivity (Wildman–Crippen MR) is 212 cm³/mol. The second-order valence-corrected chi connectivity index (χ2v) is 14.4. The molecule has 0 aliphatic rings. The third-order valence-electron chi connectivity index (χ3n) is 10.2. The van der Waals surface area contributed by atoms with E-state index in [9.17, 15) is 40.9 Å². The van der Waals surface area contributed by atoms with Crippen LogP contribution < -0.4 is 0 Å². The Morgan fingerprint density at radius 1 is 0.278 bits per heavy atom. The molecule has 8 N–H and O–H groups in total. The van der Waals surface area contributed by atoms with Gasteiger partial charge in [0.25, 0.3) is 0 Å². The molecule has 0 fully saturated rings. The van der Waals surface area contributed by atoms with Crippen molar-refractivity contribution in [3.05, 3.63) is 163 Å². The van der Waals surface area contributed by atoms with Gasteiger partial charge in [0.15, 0.2) is 23.0 Å². The summed E-state index contributed by atoms with van der Waals surface area (Å²) in [5.74, 6) is -0.153. The standard InChI is InChI=1S/2C23H24O4/c1-12-9-20(25)14(3)7-17(12)23(16-5-6-19(24)22(27)11-16)18-8-15(4)21(26)10-13(18)2;1-12-7-17(8-13(2)22(12)26)21(16-5-6-19(24)20(25)11-16)18-9-14(3)23(27)15(4)10-18/h5-11,23-27H,1-4H3;5-11,21,24-27H,1-4H3. The molecule has 6 aromatic carbocycles. The largest absolute Gasteiger partial charge is 0.508 e. The zero-order chi connectivity index (χ0) is 39.8. The van der Waals surface area contributed by atoms with Crippen LogP contribution in [-0.2, 0) is 0 Å². The van der Waals surface area contributed by atoms with E-state index in [1.807, 2.05) is 91.8 Å². The Kier molecular flexibility index (Phi) is 11.1. The van der Waals surface area contributed by atoms with Gasteiger partial charge < -0.3 is 40.9 Å². The molecule has 54 heavy (non-hydrogen) atoms. The van der Waals surface area contributed by atoms with Gasteiger partial charge in [0.2, 0.25) is 0 Å². The van der Waals surface area contributed by atoms with Gasteiger partial charge in [-0.05, 0) is 170 Å². The van der Waals surface area contributed by atoms with Crippen LogP contribution in [0.4, 0.5) is 0 Å². The predicted octanol–water partition coefficient (Wildman–Crippen LogP) is 9.85. The van der Waals surface area contributed by atoms with Crippen LogP contribution in [0, 0.1) is 55.4 Å². The summed E-state index contributed by atoms with van der Waals surface area (Å²) in [7, 11) is 0. The maximum absolute atomic E-state index is 10.2. The number of hydrogen-bond acceptors (Lipinski definition) is 8. The normalized spacial score (nSPS) is 11.1. The van der Waals surface area contributed by atoms with Crippen LogP contribution in [-0.4, -0.2) is 40.9 Å². The van der Waals surface area contributed by atoms with E-state index in [1.165, 1.54) is 12.1 Å². The quantitative estimate of drug-likeness (QED) is 0.0621. The number of phenolic OH excluding ortho intramolecular Hbond substituents is 8. The Labute approximate surface area is 316 Å². The Morgan fingerprint density at radius 3 is 0.944 bits per heavy atom. The zero-order valence-corrected chi connectivity index (χ0v) is 31.8. The van der Waals surface area contributed by atoms with E-state index in [0.717, 1.165) is 77.9 Å². The molecule has 8 nitrogen and oxygen atoms in total. The van der Waals surface area contributed by atoms with Crippen LogP contribution in [0.3, 0.4) is 0 Å². The third kappa shape index (κ3) is 7.88. The molecular formula is C46H48O8. The second-order valence-electron chi connectivity index (χ2n) is 14.4. The fourth-order valence-electron chi connectivity index (χ4n) is 7.12. The molecule has 0 aliphatic heterocycles. The molecule has 280 valence electrons. The zero-order valence-electron chi connectivity index (χ0n) is 31.8. The maximum Gasteiger partial charge on any atom is 0.157 e. The number of aromatic hydroxyl groups is 8. The maximum atomic E-state index is 10.2. The van der Waals surface area contributed by atoms with E-state index in [1.54, 1.807) is 36.4 Å². The summed E-state index contributed by atoms with van der Waals surface area (Å²) in [6, 6.07) is 24.7. The number of phenols is 8. The lowest BCUT2D eigenvalue weighted by Crippen LogP contribution is -2.08. The molecule has 0 saturated carbocycles. The first kappa shape index (κ1) is 38.9. The van der Waals surface area contributed by atoms with Crippen molar-refractivity contribution in [2.75, 3.05) is 0 Å². The summed E-state index contributed by atoms with van der Waals surface area (Å²) in [5.41, 5.74) is 11.9. The number of rotatable bonds is 6. The average Bonchev–Trinajstić information content (AvgIpc) is 3.10. The van der Waals surface area contributed by atoms with Gasteiger partial charge in [-0.25, -0.2) is 0 Å². The van der Waals surface area contributed by atoms with Gasteiger partial charge in [0.1, 0.15) is 23.0 Å². The van der Waals surface area contributed by atoms with Crippen LogP contribution in [0.2, 0.25) is 0 Å². The highest BCUT2D eigenvalue weighted by molar-refractivity contribution is 5.57. The number of benzene rings is 6. The monoisotopic (exact) mass is 728 g/mol. The third-order valence-corrected chi connectivity index (χ3v) is 10.2. The van der Waals surface area contributed by atoms with E-state index in [4.69, 9.17) is 0 Å². The Balaban J connectivity index is 0.000000208. The van der Waals surface area contributed by atoms with Crippen LogP contribution >= 0.6 is 0 Å². The molecule has 0 unspecified atom stereocenters. The molecule has 6 rings (SSSR count). The van der Waals surface area contributed by atoms with Gasteiger partial charge in [0.05, 0.1) is 0 Å². The molecule has 0 spiro atoms. The highest BCUT2D eigenvalue weighted by atomic mass is 16.3. The molecule has 0 atom stereocenters. The summed E-state index contributed by atoms with van der Waals surface area (Å²) in [6.07, 6.45) is 0. The van der Waals surface area contributed by atoms with Crippen molar-refractivity contribution in [2.45, 2.75) is 67.2 Å². The van der Waals surface area contributed by atoms with Gasteiger partial charge in [-0.1, -0.05) is 48.5 Å². The van der Waals surface area contributed by atoms with Crippen LogP contribution in [0.1, 0.15) is 89.7 Å². The van der Waals surface area contributed by atoms with Gasteiger partial charge in [-0.3, -0.25) is 0 Å². The highest BCUT2D eigenvalue weighted by Gasteiger charge is 2.24. The lowest BCUT2D eigenvalue weighted by molar-refractivity contribution is 0.403. The van der Waals surface area contributed by atoms with E-state index in [-0.39, 0.29) is 57.8 Å². The first-order valence-corrected chi connectivity index (χ1v) is 17.6. The van der Waals surface area contributed by atoms with Crippen molar-refractivity contribution in [3.63, 3.8) is 0 Å². The van der Waals surface area contributed by atoms with Crippen molar-refractivity contribution < 1.29 is 40.9 Å². The summed E-state index contributed by atoms with van der Waals surface area (Å²) in [4.78, 5) is 0. The summed E-state index contributed by atoms with van der Waals surface area (Å²) < 4.78 is 0. The van der Waals surface area contributed by atoms with Crippen molar-refractivity contribution >= 4 is 0 Å². The van der Waals surface area contributed by atoms with Gasteiger partial charge in [-0.2, -0.15) is 0 Å². The molecule has 6 aromatic rings.